The van der Waals surface area contributed by atoms with Gasteiger partial charge in [-0.2, -0.15) is 5.26 Å². The molecule has 1 aliphatic heterocycles. The van der Waals surface area contributed by atoms with Crippen LogP contribution >= 0.6 is 0 Å². The number of likely N-dealkylation sites (tertiary alicyclic amines) is 1. The van der Waals surface area contributed by atoms with Crippen LogP contribution in [0.5, 0.6) is 0 Å². The first-order chi connectivity index (χ1) is 12.1. The van der Waals surface area contributed by atoms with Crippen LogP contribution in [0.25, 0.3) is 0 Å². The van der Waals surface area contributed by atoms with Crippen molar-refractivity contribution in [3.05, 3.63) is 59.0 Å². The van der Waals surface area contributed by atoms with E-state index in [0.717, 1.165) is 26.1 Å². The molecule has 130 valence electrons. The maximum atomic E-state index is 12.4. The molecular formula is C20H23N3O2. The van der Waals surface area contributed by atoms with E-state index in [9.17, 15) is 4.79 Å². The standard InChI is InChI=1S/C20H23N3O2/c1-14(22-20(24)19-10-18(11-21)25-15(19)2)17-8-9-23(13-17)12-16-6-4-3-5-7-16/h3-7,10,14,17H,8-9,12-13H2,1-2H3,(H,22,24). The number of benzene rings is 1. The van der Waals surface area contributed by atoms with Gasteiger partial charge in [-0.15, -0.1) is 0 Å². The van der Waals surface area contributed by atoms with Crippen LogP contribution in [0.2, 0.25) is 0 Å². The first-order valence-corrected chi connectivity index (χ1v) is 8.64. The van der Waals surface area contributed by atoms with Crippen LogP contribution in [0.4, 0.5) is 0 Å². The van der Waals surface area contributed by atoms with Crippen LogP contribution in [-0.2, 0) is 6.54 Å². The van der Waals surface area contributed by atoms with Crippen LogP contribution in [0.1, 0.15) is 40.8 Å². The van der Waals surface area contributed by atoms with Gasteiger partial charge in [0.1, 0.15) is 11.8 Å². The highest BCUT2D eigenvalue weighted by Gasteiger charge is 2.28. The Morgan fingerprint density at radius 3 is 2.88 bits per heavy atom. The topological polar surface area (TPSA) is 69.3 Å². The molecule has 1 N–H and O–H groups in total. The van der Waals surface area contributed by atoms with Gasteiger partial charge in [0.2, 0.25) is 5.76 Å². The predicted octanol–water partition coefficient (Wildman–Crippen LogP) is 3.10. The summed E-state index contributed by atoms with van der Waals surface area (Å²) in [5, 5.41) is 11.9. The molecule has 0 radical (unpaired) electrons. The molecule has 1 amide bonds. The highest BCUT2D eigenvalue weighted by Crippen LogP contribution is 2.22. The summed E-state index contributed by atoms with van der Waals surface area (Å²) >= 11 is 0. The molecule has 25 heavy (non-hydrogen) atoms. The Bertz CT molecular complexity index is 776. The van der Waals surface area contributed by atoms with Gasteiger partial charge in [0.25, 0.3) is 5.91 Å². The van der Waals surface area contributed by atoms with E-state index in [4.69, 9.17) is 9.68 Å². The third kappa shape index (κ3) is 4.09. The van der Waals surface area contributed by atoms with Crippen LogP contribution < -0.4 is 5.32 Å². The fraction of sp³-hybridized carbons (Fsp3) is 0.400. The van der Waals surface area contributed by atoms with Crippen molar-refractivity contribution < 1.29 is 9.21 Å². The molecular weight excluding hydrogens is 314 g/mol. The number of nitriles is 1. The Balaban J connectivity index is 1.55. The number of hydrogen-bond acceptors (Lipinski definition) is 4. The minimum atomic E-state index is -0.170. The monoisotopic (exact) mass is 337 g/mol. The molecule has 5 nitrogen and oxygen atoms in total. The van der Waals surface area contributed by atoms with E-state index in [-0.39, 0.29) is 17.7 Å². The maximum absolute atomic E-state index is 12.4. The lowest BCUT2D eigenvalue weighted by Crippen LogP contribution is -2.39. The summed E-state index contributed by atoms with van der Waals surface area (Å²) in [5.41, 5.74) is 1.76. The second-order valence-corrected chi connectivity index (χ2v) is 6.72. The van der Waals surface area contributed by atoms with Crippen molar-refractivity contribution in [3.63, 3.8) is 0 Å². The number of aryl methyl sites for hydroxylation is 1. The van der Waals surface area contributed by atoms with Crippen LogP contribution in [0.15, 0.2) is 40.8 Å². The van der Waals surface area contributed by atoms with Gasteiger partial charge in [-0.25, -0.2) is 0 Å². The molecule has 2 aromatic rings. The normalized spacial score (nSPS) is 18.7. The van der Waals surface area contributed by atoms with Gasteiger partial charge in [0, 0.05) is 25.2 Å². The Hall–Kier alpha value is -2.58. The Kier molecular flexibility index (Phi) is 5.20. The summed E-state index contributed by atoms with van der Waals surface area (Å²) in [5.74, 6) is 0.913. The maximum Gasteiger partial charge on any atom is 0.255 e. The van der Waals surface area contributed by atoms with Gasteiger partial charge in [-0.05, 0) is 38.3 Å². The largest absolute Gasteiger partial charge is 0.450 e. The highest BCUT2D eigenvalue weighted by atomic mass is 16.3. The lowest BCUT2D eigenvalue weighted by atomic mass is 10.00. The molecule has 0 spiro atoms. The Morgan fingerprint density at radius 2 is 2.20 bits per heavy atom. The van der Waals surface area contributed by atoms with Crippen molar-refractivity contribution in [3.8, 4) is 6.07 Å². The zero-order valence-electron chi connectivity index (χ0n) is 14.7. The van der Waals surface area contributed by atoms with Gasteiger partial charge < -0.3 is 9.73 Å². The molecule has 1 aromatic carbocycles. The first kappa shape index (κ1) is 17.2. The molecule has 5 heteroatoms. The minimum Gasteiger partial charge on any atom is -0.450 e. The Labute approximate surface area is 148 Å². The summed E-state index contributed by atoms with van der Waals surface area (Å²) in [7, 11) is 0. The molecule has 1 fully saturated rings. The van der Waals surface area contributed by atoms with Crippen molar-refractivity contribution in [1.29, 1.82) is 5.26 Å². The molecule has 1 saturated heterocycles. The average Bonchev–Trinajstić information content (AvgIpc) is 3.22. The molecule has 0 saturated carbocycles. The van der Waals surface area contributed by atoms with Crippen molar-refractivity contribution >= 4 is 5.91 Å². The highest BCUT2D eigenvalue weighted by molar-refractivity contribution is 5.95. The second-order valence-electron chi connectivity index (χ2n) is 6.72. The van der Waals surface area contributed by atoms with Crippen molar-refractivity contribution in [1.82, 2.24) is 10.2 Å². The number of nitrogens with zero attached hydrogens (tertiary/aromatic N) is 2. The zero-order valence-corrected chi connectivity index (χ0v) is 14.7. The number of hydrogen-bond donors (Lipinski definition) is 1. The van der Waals surface area contributed by atoms with Gasteiger partial charge in [-0.3, -0.25) is 9.69 Å². The first-order valence-electron chi connectivity index (χ1n) is 8.64. The van der Waals surface area contributed by atoms with E-state index in [2.05, 4.69) is 41.4 Å². The zero-order chi connectivity index (χ0) is 17.8. The third-order valence-corrected chi connectivity index (χ3v) is 4.90. The number of furan rings is 1. The van der Waals surface area contributed by atoms with Gasteiger partial charge in [0.05, 0.1) is 5.56 Å². The quantitative estimate of drug-likeness (QED) is 0.910. The molecule has 2 unspecified atom stereocenters. The minimum absolute atomic E-state index is 0.0770. The second kappa shape index (κ2) is 7.54. The molecule has 2 heterocycles. The lowest BCUT2D eigenvalue weighted by molar-refractivity contribution is 0.0925. The van der Waals surface area contributed by atoms with E-state index in [1.165, 1.54) is 11.6 Å². The number of carbonyl (C=O) groups excluding carboxylic acids is 1. The van der Waals surface area contributed by atoms with Crippen LogP contribution in [0, 0.1) is 24.2 Å². The molecule has 3 rings (SSSR count). The number of rotatable bonds is 5. The smallest absolute Gasteiger partial charge is 0.255 e. The molecule has 0 aliphatic carbocycles. The van der Waals surface area contributed by atoms with Gasteiger partial charge in [0.15, 0.2) is 0 Å². The fourth-order valence-corrected chi connectivity index (χ4v) is 3.42. The SMILES string of the molecule is Cc1oc(C#N)cc1C(=O)NC(C)C1CCN(Cc2ccccc2)C1. The van der Waals surface area contributed by atoms with Crippen molar-refractivity contribution in [2.75, 3.05) is 13.1 Å². The molecule has 2 atom stereocenters. The van der Waals surface area contributed by atoms with Crippen LogP contribution in [-0.4, -0.2) is 29.9 Å². The number of carbonyl (C=O) groups is 1. The van der Waals surface area contributed by atoms with E-state index in [1.54, 1.807) is 6.92 Å². The van der Waals surface area contributed by atoms with E-state index in [0.29, 0.717) is 17.2 Å². The van der Waals surface area contributed by atoms with Crippen molar-refractivity contribution in [2.45, 2.75) is 32.9 Å². The fourth-order valence-electron chi connectivity index (χ4n) is 3.42. The Morgan fingerprint density at radius 1 is 1.44 bits per heavy atom. The summed E-state index contributed by atoms with van der Waals surface area (Å²) < 4.78 is 5.25. The van der Waals surface area contributed by atoms with E-state index < -0.39 is 0 Å². The lowest BCUT2D eigenvalue weighted by Gasteiger charge is -2.21. The molecule has 0 bridgehead atoms. The number of nitrogens with one attached hydrogen (secondary N) is 1. The molecule has 1 aliphatic rings. The predicted molar refractivity (Wildman–Crippen MR) is 94.9 cm³/mol. The third-order valence-electron chi connectivity index (χ3n) is 4.90. The average molecular weight is 337 g/mol. The van der Waals surface area contributed by atoms with E-state index >= 15 is 0 Å². The summed E-state index contributed by atoms with van der Waals surface area (Å²) in [4.78, 5) is 14.9. The number of amides is 1. The summed E-state index contributed by atoms with van der Waals surface area (Å²) in [6, 6.07) is 14.0. The van der Waals surface area contributed by atoms with Gasteiger partial charge in [-0.1, -0.05) is 30.3 Å². The van der Waals surface area contributed by atoms with Gasteiger partial charge >= 0.3 is 0 Å². The van der Waals surface area contributed by atoms with Crippen molar-refractivity contribution in [2.24, 2.45) is 5.92 Å². The summed E-state index contributed by atoms with van der Waals surface area (Å²) in [6.45, 7) is 6.73. The van der Waals surface area contributed by atoms with E-state index in [1.807, 2.05) is 12.1 Å². The molecule has 1 aromatic heterocycles. The van der Waals surface area contributed by atoms with Crippen LogP contribution in [0.3, 0.4) is 0 Å². The summed E-state index contributed by atoms with van der Waals surface area (Å²) in [6.07, 6.45) is 1.07.